The number of carbonyl (C=O) groups excluding carboxylic acids is 1. The highest BCUT2D eigenvalue weighted by atomic mass is 16.4. The topological polar surface area (TPSA) is 117 Å². The molecule has 2 rings (SSSR count). The van der Waals surface area contributed by atoms with E-state index in [4.69, 9.17) is 4.42 Å². The highest BCUT2D eigenvalue weighted by Gasteiger charge is 2.23. The van der Waals surface area contributed by atoms with Gasteiger partial charge in [0.25, 0.3) is 0 Å². The van der Waals surface area contributed by atoms with Gasteiger partial charge in [-0.25, -0.2) is 9.59 Å². The fourth-order valence-corrected chi connectivity index (χ4v) is 2.88. The zero-order chi connectivity index (χ0) is 19.6. The van der Waals surface area contributed by atoms with Crippen molar-refractivity contribution < 1.29 is 24.2 Å². The van der Waals surface area contributed by atoms with Crippen molar-refractivity contribution in [3.63, 3.8) is 0 Å². The Balaban J connectivity index is 2.33. The molecule has 1 heterocycles. The molecular weight excluding hydrogens is 338 g/mol. The minimum absolute atomic E-state index is 0.0172. The first-order valence-electron chi connectivity index (χ1n) is 8.38. The average molecular weight is 361 g/mol. The molecule has 1 atom stereocenters. The molecule has 2 aromatic rings. The maximum absolute atomic E-state index is 12.3. The van der Waals surface area contributed by atoms with Crippen LogP contribution in [0.25, 0.3) is 11.0 Å². The van der Waals surface area contributed by atoms with E-state index in [0.29, 0.717) is 22.9 Å². The van der Waals surface area contributed by atoms with E-state index >= 15 is 0 Å². The van der Waals surface area contributed by atoms with Gasteiger partial charge in [-0.05, 0) is 43.9 Å². The Morgan fingerprint density at radius 2 is 1.85 bits per heavy atom. The molecule has 0 spiro atoms. The zero-order valence-corrected chi connectivity index (χ0v) is 15.3. The second kappa shape index (κ2) is 7.59. The normalized spacial score (nSPS) is 12.3. The summed E-state index contributed by atoms with van der Waals surface area (Å²) < 4.78 is 5.29. The second-order valence-corrected chi connectivity index (χ2v) is 6.84. The molecule has 3 N–H and O–H groups in total. The number of carboxylic acid groups (broad SMARTS) is 1. The molecule has 0 aliphatic carbocycles. The average Bonchev–Trinajstić information content (AvgIpc) is 2.54. The van der Waals surface area contributed by atoms with Crippen molar-refractivity contribution in [1.82, 2.24) is 5.32 Å². The Morgan fingerprint density at radius 3 is 2.42 bits per heavy atom. The number of fused-ring (bicyclic) bond motifs is 1. The number of phenols is 1. The van der Waals surface area contributed by atoms with Crippen molar-refractivity contribution in [3.8, 4) is 5.75 Å². The number of hydrogen-bond donors (Lipinski definition) is 3. The van der Waals surface area contributed by atoms with Crippen molar-refractivity contribution in [2.24, 2.45) is 5.92 Å². The van der Waals surface area contributed by atoms with Crippen molar-refractivity contribution in [1.29, 1.82) is 0 Å². The van der Waals surface area contributed by atoms with Crippen LogP contribution in [0.2, 0.25) is 0 Å². The van der Waals surface area contributed by atoms with Gasteiger partial charge in [-0.1, -0.05) is 13.8 Å². The summed E-state index contributed by atoms with van der Waals surface area (Å²) in [5.41, 5.74) is 0.801. The Kier molecular flexibility index (Phi) is 5.69. The van der Waals surface area contributed by atoms with Gasteiger partial charge in [0.15, 0.2) is 0 Å². The summed E-state index contributed by atoms with van der Waals surface area (Å²) in [5, 5.41) is 22.1. The van der Waals surface area contributed by atoms with E-state index < -0.39 is 23.5 Å². The van der Waals surface area contributed by atoms with Crippen LogP contribution in [-0.2, 0) is 16.0 Å². The van der Waals surface area contributed by atoms with Crippen LogP contribution in [0.3, 0.4) is 0 Å². The van der Waals surface area contributed by atoms with Crippen LogP contribution in [0.5, 0.6) is 5.75 Å². The minimum Gasteiger partial charge on any atom is -0.508 e. The van der Waals surface area contributed by atoms with Gasteiger partial charge in [0, 0.05) is 10.9 Å². The molecule has 0 aliphatic rings. The smallest absolute Gasteiger partial charge is 0.340 e. The summed E-state index contributed by atoms with van der Waals surface area (Å²) in [5.74, 6) is -1.55. The summed E-state index contributed by atoms with van der Waals surface area (Å²) >= 11 is 0. The standard InChI is InChI=1S/C19H23NO6/c1-9(2)7-14(18(23)24)20-16(22)8-13-10(3)12-5-6-15(21)11(4)17(12)26-19(13)25/h5-6,9,14,21H,7-8H2,1-4H3,(H,20,22)(H,23,24)/t14-/m0/s1. The summed E-state index contributed by atoms with van der Waals surface area (Å²) in [4.78, 5) is 35.9. The molecular formula is C19H23NO6. The number of carboxylic acids is 1. The molecule has 0 unspecified atom stereocenters. The third-order valence-electron chi connectivity index (χ3n) is 4.35. The minimum atomic E-state index is -1.11. The third-order valence-corrected chi connectivity index (χ3v) is 4.35. The highest BCUT2D eigenvalue weighted by Crippen LogP contribution is 2.28. The van der Waals surface area contributed by atoms with Gasteiger partial charge in [0.2, 0.25) is 5.91 Å². The maximum atomic E-state index is 12.3. The first-order valence-corrected chi connectivity index (χ1v) is 8.38. The molecule has 7 heteroatoms. The molecule has 140 valence electrons. The first kappa shape index (κ1) is 19.5. The van der Waals surface area contributed by atoms with E-state index in [-0.39, 0.29) is 29.2 Å². The Labute approximate surface area is 150 Å². The fourth-order valence-electron chi connectivity index (χ4n) is 2.88. The predicted octanol–water partition coefficient (Wildman–Crippen LogP) is 2.27. The maximum Gasteiger partial charge on any atom is 0.340 e. The van der Waals surface area contributed by atoms with Crippen LogP contribution in [0, 0.1) is 19.8 Å². The van der Waals surface area contributed by atoms with Crippen LogP contribution >= 0.6 is 0 Å². The largest absolute Gasteiger partial charge is 0.508 e. The zero-order valence-electron chi connectivity index (χ0n) is 15.3. The van der Waals surface area contributed by atoms with Crippen molar-refractivity contribution in [2.45, 2.75) is 46.6 Å². The van der Waals surface area contributed by atoms with E-state index in [1.165, 1.54) is 6.07 Å². The third kappa shape index (κ3) is 4.04. The Morgan fingerprint density at radius 1 is 1.19 bits per heavy atom. The Bertz CT molecular complexity index is 912. The molecule has 0 radical (unpaired) electrons. The predicted molar refractivity (Wildman–Crippen MR) is 96.3 cm³/mol. The summed E-state index contributed by atoms with van der Waals surface area (Å²) in [6, 6.07) is 2.11. The van der Waals surface area contributed by atoms with Crippen LogP contribution < -0.4 is 10.9 Å². The lowest BCUT2D eigenvalue weighted by Gasteiger charge is -2.17. The van der Waals surface area contributed by atoms with E-state index in [0.717, 1.165) is 0 Å². The van der Waals surface area contributed by atoms with E-state index in [1.807, 2.05) is 13.8 Å². The molecule has 1 aromatic heterocycles. The van der Waals surface area contributed by atoms with E-state index in [2.05, 4.69) is 5.32 Å². The van der Waals surface area contributed by atoms with Gasteiger partial charge in [0.1, 0.15) is 17.4 Å². The van der Waals surface area contributed by atoms with Gasteiger partial charge in [-0.3, -0.25) is 4.79 Å². The lowest BCUT2D eigenvalue weighted by Crippen LogP contribution is -2.42. The highest BCUT2D eigenvalue weighted by molar-refractivity contribution is 5.88. The number of aromatic hydroxyl groups is 1. The monoisotopic (exact) mass is 361 g/mol. The first-order chi connectivity index (χ1) is 12.1. The number of aryl methyl sites for hydroxylation is 2. The van der Waals surface area contributed by atoms with Crippen LogP contribution in [0.1, 0.15) is 37.0 Å². The number of carbonyl (C=O) groups is 2. The number of nitrogens with one attached hydrogen (secondary N) is 1. The number of phenolic OH excluding ortho intramolecular Hbond substituents is 1. The lowest BCUT2D eigenvalue weighted by molar-refractivity contribution is -0.142. The molecule has 0 aliphatic heterocycles. The van der Waals surface area contributed by atoms with Crippen LogP contribution in [0.15, 0.2) is 21.3 Å². The van der Waals surface area contributed by atoms with Crippen molar-refractivity contribution in [2.75, 3.05) is 0 Å². The molecule has 0 saturated carbocycles. The summed E-state index contributed by atoms with van der Waals surface area (Å²) in [7, 11) is 0. The number of aliphatic carboxylic acids is 1. The van der Waals surface area contributed by atoms with E-state index in [9.17, 15) is 24.6 Å². The molecule has 26 heavy (non-hydrogen) atoms. The molecule has 0 fully saturated rings. The van der Waals surface area contributed by atoms with Gasteiger partial charge in [-0.15, -0.1) is 0 Å². The van der Waals surface area contributed by atoms with Gasteiger partial charge >= 0.3 is 11.6 Å². The Hall–Kier alpha value is -2.83. The number of amides is 1. The van der Waals surface area contributed by atoms with Gasteiger partial charge < -0.3 is 19.9 Å². The molecule has 7 nitrogen and oxygen atoms in total. The number of rotatable bonds is 6. The summed E-state index contributed by atoms with van der Waals surface area (Å²) in [6.07, 6.45) is 0.0246. The number of benzene rings is 1. The SMILES string of the molecule is Cc1c(CC(=O)N[C@@H](CC(C)C)C(=O)O)c(=O)oc2c(C)c(O)ccc12. The van der Waals surface area contributed by atoms with E-state index in [1.54, 1.807) is 19.9 Å². The fraction of sp³-hybridized carbons (Fsp3) is 0.421. The van der Waals surface area contributed by atoms with Crippen molar-refractivity contribution in [3.05, 3.63) is 39.2 Å². The molecule has 0 bridgehead atoms. The number of hydrogen-bond acceptors (Lipinski definition) is 5. The van der Waals surface area contributed by atoms with Gasteiger partial charge in [-0.2, -0.15) is 0 Å². The quantitative estimate of drug-likeness (QED) is 0.680. The molecule has 1 aromatic carbocycles. The van der Waals surface area contributed by atoms with Crippen molar-refractivity contribution >= 4 is 22.8 Å². The van der Waals surface area contributed by atoms with Crippen LogP contribution in [-0.4, -0.2) is 28.1 Å². The lowest BCUT2D eigenvalue weighted by atomic mass is 10.0. The summed E-state index contributed by atoms with van der Waals surface area (Å²) in [6.45, 7) is 7.06. The molecule has 1 amide bonds. The van der Waals surface area contributed by atoms with Gasteiger partial charge in [0.05, 0.1) is 12.0 Å². The molecule has 0 saturated heterocycles. The second-order valence-electron chi connectivity index (χ2n) is 6.84. The van der Waals surface area contributed by atoms with Crippen LogP contribution in [0.4, 0.5) is 0 Å².